The Morgan fingerprint density at radius 1 is 0.605 bits per heavy atom. The minimum atomic E-state index is -0.557. The summed E-state index contributed by atoms with van der Waals surface area (Å²) in [7, 11) is 3.05. The zero-order valence-electron chi connectivity index (χ0n) is 47.7. The molecule has 17 nitrogen and oxygen atoms in total. The highest BCUT2D eigenvalue weighted by atomic mass is 79.9. The maximum absolute atomic E-state index is 14.3. The number of anilines is 1. The minimum absolute atomic E-state index is 0.0999. The fourth-order valence-electron chi connectivity index (χ4n) is 8.36. The summed E-state index contributed by atoms with van der Waals surface area (Å²) in [6.07, 6.45) is 5.50. The number of benzene rings is 5. The zero-order chi connectivity index (χ0) is 59.3. The summed E-state index contributed by atoms with van der Waals surface area (Å²) in [6, 6.07) is 31.5. The summed E-state index contributed by atoms with van der Waals surface area (Å²) in [5.74, 6) is -0.345. The fraction of sp³-hybridized carbons (Fsp3) is 0.328. The van der Waals surface area contributed by atoms with Gasteiger partial charge in [-0.25, -0.2) is 23.4 Å². The number of aromatic nitrogens is 8. The molecule has 5 aromatic carbocycles. The van der Waals surface area contributed by atoms with E-state index in [2.05, 4.69) is 118 Å². The number of aromatic amines is 2. The molecule has 0 bridgehead atoms. The average Bonchev–Trinajstić information content (AvgIpc) is 4.14. The SMILES string of the molecule is CCCN.Cc1ccc(C)c(C=O)c1.Cc1ccc(C)c(CCCCN)c1.Cc1ccc(C)c(CNCCNc2nc3c(c(=O)[nH]c(=O)n3C)n2Cc2ccccc2F)c1.Cn1c(=O)[nH]c(=O)c2c1nc(Br)n2Cc1ccccc1F. The first kappa shape index (κ1) is 63.9. The van der Waals surface area contributed by atoms with Gasteiger partial charge in [-0.05, 0) is 142 Å². The molecule has 0 amide bonds. The van der Waals surface area contributed by atoms with Gasteiger partial charge >= 0.3 is 11.4 Å². The van der Waals surface area contributed by atoms with E-state index in [1.165, 1.54) is 86.2 Å². The highest BCUT2D eigenvalue weighted by Gasteiger charge is 2.19. The number of carbonyl (C=O) groups excluding carboxylic acids is 1. The number of aryl methyl sites for hydroxylation is 9. The molecule has 4 heterocycles. The second kappa shape index (κ2) is 31.2. The Balaban J connectivity index is 0.000000213. The third-order valence-electron chi connectivity index (χ3n) is 13.2. The third-order valence-corrected chi connectivity index (χ3v) is 13.8. The van der Waals surface area contributed by atoms with Crippen molar-refractivity contribution in [1.82, 2.24) is 43.5 Å². The molecule has 0 spiro atoms. The van der Waals surface area contributed by atoms with E-state index in [0.717, 1.165) is 55.5 Å². The number of imidazole rings is 2. The molecule has 0 aliphatic carbocycles. The number of rotatable bonds is 16. The lowest BCUT2D eigenvalue weighted by atomic mass is 10.0. The molecule has 9 aromatic rings. The Morgan fingerprint density at radius 2 is 1.09 bits per heavy atom. The van der Waals surface area contributed by atoms with Crippen molar-refractivity contribution >= 4 is 50.5 Å². The van der Waals surface area contributed by atoms with Gasteiger partial charge in [-0.3, -0.25) is 38.1 Å². The molecule has 4 aromatic heterocycles. The zero-order valence-corrected chi connectivity index (χ0v) is 49.3. The van der Waals surface area contributed by atoms with E-state index < -0.39 is 22.5 Å². The molecule has 0 fully saturated rings. The summed E-state index contributed by atoms with van der Waals surface area (Å²) >= 11 is 3.25. The predicted molar refractivity (Wildman–Crippen MR) is 325 cm³/mol. The molecule has 9 rings (SSSR count). The summed E-state index contributed by atoms with van der Waals surface area (Å²) in [5.41, 5.74) is 20.9. The summed E-state index contributed by atoms with van der Waals surface area (Å²) in [5, 5.41) is 6.63. The van der Waals surface area contributed by atoms with Gasteiger partial charge in [-0.2, -0.15) is 4.98 Å². The van der Waals surface area contributed by atoms with Crippen molar-refractivity contribution in [3.8, 4) is 0 Å². The lowest BCUT2D eigenvalue weighted by molar-refractivity contribution is 0.112. The Hall–Kier alpha value is -7.91. The normalized spacial score (nSPS) is 10.7. The van der Waals surface area contributed by atoms with Crippen molar-refractivity contribution in [3.05, 3.63) is 222 Å². The van der Waals surface area contributed by atoms with Gasteiger partial charge < -0.3 is 26.7 Å². The van der Waals surface area contributed by atoms with Crippen molar-refractivity contribution in [1.29, 1.82) is 0 Å². The van der Waals surface area contributed by atoms with Gasteiger partial charge in [0.1, 0.15) is 17.9 Å². The number of hydrogen-bond donors (Lipinski definition) is 6. The van der Waals surface area contributed by atoms with Crippen LogP contribution in [0.1, 0.15) is 92.2 Å². The lowest BCUT2D eigenvalue weighted by Crippen LogP contribution is -2.29. The van der Waals surface area contributed by atoms with E-state index in [4.69, 9.17) is 11.5 Å². The molecule has 0 aliphatic heterocycles. The first-order valence-electron chi connectivity index (χ1n) is 26.7. The highest BCUT2D eigenvalue weighted by molar-refractivity contribution is 9.10. The van der Waals surface area contributed by atoms with Gasteiger partial charge in [-0.15, -0.1) is 0 Å². The molecule has 0 unspecified atom stereocenters. The van der Waals surface area contributed by atoms with Crippen LogP contribution in [-0.4, -0.2) is 70.7 Å². The minimum Gasteiger partial charge on any atom is -0.354 e. The molecule has 0 radical (unpaired) electrons. The molecule has 0 saturated heterocycles. The number of halogens is 3. The molecule has 0 saturated carbocycles. The van der Waals surface area contributed by atoms with Gasteiger partial charge in [0.15, 0.2) is 27.1 Å². The van der Waals surface area contributed by atoms with Crippen molar-refractivity contribution in [3.63, 3.8) is 0 Å². The molecule has 0 aliphatic rings. The molecular formula is C61H75BrF2N12O5. The molecule has 430 valence electrons. The Kier molecular flexibility index (Phi) is 24.6. The fourth-order valence-corrected chi connectivity index (χ4v) is 8.83. The van der Waals surface area contributed by atoms with Gasteiger partial charge in [0.05, 0.1) is 13.1 Å². The van der Waals surface area contributed by atoms with Gasteiger partial charge in [0.2, 0.25) is 5.95 Å². The van der Waals surface area contributed by atoms with Crippen LogP contribution in [0.25, 0.3) is 22.3 Å². The van der Waals surface area contributed by atoms with Gasteiger partial charge in [0, 0.05) is 50.4 Å². The number of carbonyl (C=O) groups is 1. The molecule has 8 N–H and O–H groups in total. The van der Waals surface area contributed by atoms with E-state index in [0.29, 0.717) is 34.9 Å². The van der Waals surface area contributed by atoms with E-state index in [9.17, 15) is 32.8 Å². The summed E-state index contributed by atoms with van der Waals surface area (Å²) < 4.78 is 34.1. The number of fused-ring (bicyclic) bond motifs is 2. The largest absolute Gasteiger partial charge is 0.354 e. The van der Waals surface area contributed by atoms with Crippen molar-refractivity contribution in [2.75, 3.05) is 31.5 Å². The lowest BCUT2D eigenvalue weighted by Gasteiger charge is -2.12. The maximum atomic E-state index is 14.3. The van der Waals surface area contributed by atoms with Crippen molar-refractivity contribution in [2.24, 2.45) is 25.6 Å². The molecule has 20 heteroatoms. The van der Waals surface area contributed by atoms with Crippen molar-refractivity contribution in [2.45, 2.75) is 93.8 Å². The summed E-state index contributed by atoms with van der Waals surface area (Å²) in [6.45, 7) is 18.2. The number of H-pyrrole nitrogens is 2. The summed E-state index contributed by atoms with van der Waals surface area (Å²) in [4.78, 5) is 71.8. The number of aldehydes is 1. The van der Waals surface area contributed by atoms with Gasteiger partial charge in [-0.1, -0.05) is 109 Å². The Labute approximate surface area is 478 Å². The molecule has 0 atom stereocenters. The van der Waals surface area contributed by atoms with Crippen LogP contribution in [0.4, 0.5) is 14.7 Å². The first-order chi connectivity index (χ1) is 38.7. The Bertz CT molecular complexity index is 3800. The van der Waals surface area contributed by atoms with Crippen molar-refractivity contribution < 1.29 is 13.6 Å². The molecular weight excluding hydrogens is 1100 g/mol. The van der Waals surface area contributed by atoms with Crippen LogP contribution in [0.2, 0.25) is 0 Å². The number of hydrogen-bond acceptors (Lipinski definition) is 11. The first-order valence-corrected chi connectivity index (χ1v) is 27.5. The van der Waals surface area contributed by atoms with Crippen LogP contribution in [0.3, 0.4) is 0 Å². The monoisotopic (exact) mass is 1170 g/mol. The van der Waals surface area contributed by atoms with Crippen LogP contribution in [0.5, 0.6) is 0 Å². The van der Waals surface area contributed by atoms with Crippen LogP contribution in [-0.2, 0) is 40.2 Å². The third kappa shape index (κ3) is 17.8. The van der Waals surface area contributed by atoms with Crippen LogP contribution >= 0.6 is 15.9 Å². The maximum Gasteiger partial charge on any atom is 0.329 e. The average molecular weight is 1170 g/mol. The standard InChI is InChI=1S/C24H27FN6O2.C13H10BrFN4O2.C12H19N.C9H10O.C3H9N/c1-15-8-9-16(2)18(12-15)13-26-10-11-27-23-28-21-20(22(32)29-24(33)30(21)3)31(23)14-17-6-4-5-7-19(17)25;1-18-10-9(11(20)17-13(18)21)19(12(14)16-10)6-7-4-2-3-5-8(7)15;1-10-6-7-11(2)12(9-10)5-3-4-8-13;1-7-3-4-8(2)9(5-7)6-10;1-2-3-4/h4-9,12,26H,10-11,13-14H2,1-3H3,(H,27,28)(H,29,32,33);2-5H,6H2,1H3,(H,17,20,21);6-7,9H,3-5,8,13H2,1-2H3;3-6H,1-2H3;2-4H2,1H3. The van der Waals surface area contributed by atoms with Crippen LogP contribution < -0.4 is 44.6 Å². The topological polar surface area (TPSA) is 239 Å². The second-order valence-electron chi connectivity index (χ2n) is 19.6. The predicted octanol–water partition coefficient (Wildman–Crippen LogP) is 8.86. The van der Waals surface area contributed by atoms with Crippen LogP contribution in [0.15, 0.2) is 127 Å². The van der Waals surface area contributed by atoms with E-state index in [1.54, 1.807) is 41.0 Å². The highest BCUT2D eigenvalue weighted by Crippen LogP contribution is 2.21. The smallest absolute Gasteiger partial charge is 0.329 e. The van der Waals surface area contributed by atoms with E-state index >= 15 is 0 Å². The number of nitrogens with two attached hydrogens (primary N) is 2. The number of nitrogens with zero attached hydrogens (tertiary/aromatic N) is 6. The number of nitrogens with one attached hydrogen (secondary N) is 4. The van der Waals surface area contributed by atoms with E-state index in [-0.39, 0.29) is 47.1 Å². The van der Waals surface area contributed by atoms with Crippen LogP contribution in [0, 0.1) is 53.2 Å². The Morgan fingerprint density at radius 3 is 1.60 bits per heavy atom. The quantitative estimate of drug-likeness (QED) is 0.0303. The number of unbranched alkanes of at least 4 members (excludes halogenated alkanes) is 1. The van der Waals surface area contributed by atoms with E-state index in [1.807, 2.05) is 32.0 Å². The molecule has 81 heavy (non-hydrogen) atoms. The second-order valence-corrected chi connectivity index (χ2v) is 20.3. The van der Waals surface area contributed by atoms with Gasteiger partial charge in [0.25, 0.3) is 11.1 Å².